The van der Waals surface area contributed by atoms with Gasteiger partial charge in [0.1, 0.15) is 28.9 Å². The van der Waals surface area contributed by atoms with Crippen LogP contribution in [0, 0.1) is 5.82 Å². The first-order valence-corrected chi connectivity index (χ1v) is 11.9. The molecule has 3 N–H and O–H groups in total. The van der Waals surface area contributed by atoms with Crippen molar-refractivity contribution in [2.75, 3.05) is 21.2 Å². The van der Waals surface area contributed by atoms with E-state index in [9.17, 15) is 4.39 Å². The number of amidine groups is 1. The van der Waals surface area contributed by atoms with Gasteiger partial charge in [-0.15, -0.1) is 0 Å². The molecule has 9 heteroatoms. The van der Waals surface area contributed by atoms with E-state index in [0.29, 0.717) is 10.9 Å². The summed E-state index contributed by atoms with van der Waals surface area (Å²) in [6, 6.07) is 12.4. The number of aliphatic imine (C=N–C) groups is 1. The van der Waals surface area contributed by atoms with Gasteiger partial charge in [-0.2, -0.15) is 0 Å². The van der Waals surface area contributed by atoms with E-state index < -0.39 is 5.79 Å². The predicted octanol–water partition coefficient (Wildman–Crippen LogP) is 4.53. The van der Waals surface area contributed by atoms with Gasteiger partial charge in [0.05, 0.1) is 12.8 Å². The maximum absolute atomic E-state index is 13.6. The lowest BCUT2D eigenvalue weighted by atomic mass is 9.80. The van der Waals surface area contributed by atoms with Gasteiger partial charge in [-0.25, -0.2) is 14.4 Å². The number of allylic oxidation sites excluding steroid dienone is 1. The smallest absolute Gasteiger partial charge is 0.211 e. The van der Waals surface area contributed by atoms with Crippen molar-refractivity contribution in [3.63, 3.8) is 0 Å². The van der Waals surface area contributed by atoms with Gasteiger partial charge < -0.3 is 19.5 Å². The Morgan fingerprint density at radius 3 is 2.66 bits per heavy atom. The van der Waals surface area contributed by atoms with Crippen molar-refractivity contribution in [1.29, 1.82) is 0 Å². The molecule has 2 aliphatic rings. The summed E-state index contributed by atoms with van der Waals surface area (Å²) in [5.41, 5.74) is 11.8. The number of aromatic nitrogens is 2. The monoisotopic (exact) mass is 494 g/mol. The van der Waals surface area contributed by atoms with Crippen LogP contribution >= 0.6 is 11.6 Å². The van der Waals surface area contributed by atoms with Crippen LogP contribution in [0.3, 0.4) is 0 Å². The van der Waals surface area contributed by atoms with E-state index in [1.54, 1.807) is 24.2 Å². The van der Waals surface area contributed by atoms with Crippen molar-refractivity contribution in [2.45, 2.75) is 31.0 Å². The van der Waals surface area contributed by atoms with Gasteiger partial charge in [0, 0.05) is 43.0 Å². The number of likely N-dealkylation sites (N-methyl/N-ethyl adjacent to an activating group) is 1. The molecule has 1 aliphatic heterocycles. The number of nitrogens with two attached hydrogens (primary N) is 1. The van der Waals surface area contributed by atoms with E-state index in [1.807, 2.05) is 49.3 Å². The molecule has 0 spiro atoms. The van der Waals surface area contributed by atoms with Gasteiger partial charge in [0.25, 0.3) is 0 Å². The number of benzene rings is 2. The van der Waals surface area contributed by atoms with Crippen LogP contribution < -0.4 is 15.8 Å². The molecule has 0 saturated carbocycles. The summed E-state index contributed by atoms with van der Waals surface area (Å²) < 4.78 is 21.1. The van der Waals surface area contributed by atoms with E-state index in [1.165, 1.54) is 12.1 Å². The summed E-state index contributed by atoms with van der Waals surface area (Å²) in [4.78, 5) is 11.1. The number of nitrogens with zero attached hydrogens (tertiary/aromatic N) is 4. The highest BCUT2D eigenvalue weighted by Crippen LogP contribution is 2.42. The Bertz CT molecular complexity index is 1320. The van der Waals surface area contributed by atoms with Crippen molar-refractivity contribution in [3.05, 3.63) is 88.4 Å². The zero-order valence-corrected chi connectivity index (χ0v) is 20.7. The minimum Gasteiger partial charge on any atom is -0.495 e. The molecule has 1 aliphatic carbocycles. The van der Waals surface area contributed by atoms with Gasteiger partial charge in [0.15, 0.2) is 0 Å². The minimum absolute atomic E-state index is 0.0713. The van der Waals surface area contributed by atoms with Crippen LogP contribution in [0.15, 0.2) is 71.3 Å². The van der Waals surface area contributed by atoms with Crippen molar-refractivity contribution >= 4 is 17.4 Å². The van der Waals surface area contributed by atoms with Crippen LogP contribution in [-0.2, 0) is 5.79 Å². The molecule has 2 atom stereocenters. The average Bonchev–Trinajstić information content (AvgIpc) is 3.29. The van der Waals surface area contributed by atoms with Gasteiger partial charge >= 0.3 is 0 Å². The molecule has 2 aromatic carbocycles. The summed E-state index contributed by atoms with van der Waals surface area (Å²) in [5.74, 6) is 0.0696. The lowest BCUT2D eigenvalue weighted by Gasteiger charge is -2.42. The summed E-state index contributed by atoms with van der Waals surface area (Å²) in [6.07, 6.45) is 6.20. The third-order valence-electron chi connectivity index (χ3n) is 6.62. The van der Waals surface area contributed by atoms with Gasteiger partial charge in [-0.3, -0.25) is 5.73 Å². The molecule has 35 heavy (non-hydrogen) atoms. The summed E-state index contributed by atoms with van der Waals surface area (Å²) in [5, 5.41) is 3.96. The van der Waals surface area contributed by atoms with Crippen LogP contribution in [0.5, 0.6) is 5.75 Å². The SMILES string of the molecule is COc1cc(C2(N)N=C(N(C)C)C3=C(N2)C(c2ccc(F)cc2)CCC3)ccc1-n1cnc(Cl)c1. The van der Waals surface area contributed by atoms with Gasteiger partial charge in [-0.05, 0) is 49.1 Å². The molecule has 0 amide bonds. The van der Waals surface area contributed by atoms with Crippen LogP contribution in [-0.4, -0.2) is 41.5 Å². The van der Waals surface area contributed by atoms with Gasteiger partial charge in [0.2, 0.25) is 5.79 Å². The highest BCUT2D eigenvalue weighted by molar-refractivity contribution is 6.29. The van der Waals surface area contributed by atoms with Gasteiger partial charge in [-0.1, -0.05) is 29.8 Å². The molecular weight excluding hydrogens is 467 g/mol. The van der Waals surface area contributed by atoms with Crippen molar-refractivity contribution in [3.8, 4) is 11.4 Å². The summed E-state index contributed by atoms with van der Waals surface area (Å²) in [6.45, 7) is 0. The second kappa shape index (κ2) is 9.02. The quantitative estimate of drug-likeness (QED) is 0.557. The van der Waals surface area contributed by atoms with Crippen molar-refractivity contribution < 1.29 is 9.13 Å². The van der Waals surface area contributed by atoms with E-state index >= 15 is 0 Å². The molecule has 0 bridgehead atoms. The summed E-state index contributed by atoms with van der Waals surface area (Å²) in [7, 11) is 5.56. The normalized spacial score (nSPS) is 21.8. The molecule has 7 nitrogen and oxygen atoms in total. The first-order valence-electron chi connectivity index (χ1n) is 11.5. The number of methoxy groups -OCH3 is 1. The van der Waals surface area contributed by atoms with Crippen molar-refractivity contribution in [2.24, 2.45) is 10.7 Å². The first kappa shape index (κ1) is 23.4. The van der Waals surface area contributed by atoms with Crippen LogP contribution in [0.25, 0.3) is 5.69 Å². The Labute approximate surface area is 209 Å². The lowest BCUT2D eigenvalue weighted by molar-refractivity contribution is 0.351. The average molecular weight is 495 g/mol. The molecule has 3 aromatic rings. The number of nitrogens with one attached hydrogen (secondary N) is 1. The predicted molar refractivity (Wildman–Crippen MR) is 135 cm³/mol. The van der Waals surface area contributed by atoms with E-state index in [4.69, 9.17) is 27.1 Å². The Kier molecular flexibility index (Phi) is 6.02. The minimum atomic E-state index is -1.22. The number of hydrogen-bond acceptors (Lipinski definition) is 6. The first-order chi connectivity index (χ1) is 16.8. The molecule has 5 rings (SSSR count). The fraction of sp³-hybridized carbons (Fsp3) is 0.308. The molecule has 182 valence electrons. The second-order valence-corrected chi connectivity index (χ2v) is 9.49. The lowest BCUT2D eigenvalue weighted by Crippen LogP contribution is -2.54. The highest BCUT2D eigenvalue weighted by atomic mass is 35.5. The van der Waals surface area contributed by atoms with Crippen LogP contribution in [0.2, 0.25) is 5.15 Å². The fourth-order valence-corrected chi connectivity index (χ4v) is 5.08. The maximum Gasteiger partial charge on any atom is 0.211 e. The van der Waals surface area contributed by atoms with E-state index in [0.717, 1.165) is 53.2 Å². The molecule has 0 saturated heterocycles. The Balaban J connectivity index is 1.58. The largest absolute Gasteiger partial charge is 0.495 e. The molecule has 0 radical (unpaired) electrons. The van der Waals surface area contributed by atoms with Crippen LogP contribution in [0.1, 0.15) is 36.3 Å². The standard InChI is InChI=1S/C26H28ClFN6O/c1-33(2)25-20-6-4-5-19(16-7-10-18(28)11-8-16)24(20)31-26(29,32-25)17-9-12-21(22(13-17)35-3)34-14-23(27)30-15-34/h7-15,19,31H,4-6,29H2,1-3H3. The Hall–Kier alpha value is -3.36. The zero-order valence-electron chi connectivity index (χ0n) is 19.9. The third kappa shape index (κ3) is 4.28. The number of hydrogen-bond donors (Lipinski definition) is 2. The number of ether oxygens (including phenoxy) is 1. The Morgan fingerprint density at radius 2 is 2.00 bits per heavy atom. The van der Waals surface area contributed by atoms with Crippen LogP contribution in [0.4, 0.5) is 4.39 Å². The molecule has 1 aromatic heterocycles. The molecular formula is C26H28ClFN6O. The van der Waals surface area contributed by atoms with Crippen molar-refractivity contribution in [1.82, 2.24) is 19.8 Å². The van der Waals surface area contributed by atoms with E-state index in [-0.39, 0.29) is 11.7 Å². The third-order valence-corrected chi connectivity index (χ3v) is 6.81. The number of imidazole rings is 1. The molecule has 2 unspecified atom stereocenters. The highest BCUT2D eigenvalue weighted by Gasteiger charge is 2.39. The Morgan fingerprint density at radius 1 is 1.23 bits per heavy atom. The zero-order chi connectivity index (χ0) is 24.7. The molecule has 0 fully saturated rings. The maximum atomic E-state index is 13.6. The molecule has 2 heterocycles. The summed E-state index contributed by atoms with van der Waals surface area (Å²) >= 11 is 6.01. The number of halogens is 2. The topological polar surface area (TPSA) is 80.7 Å². The number of rotatable bonds is 4. The fourth-order valence-electron chi connectivity index (χ4n) is 4.93. The van der Waals surface area contributed by atoms with E-state index in [2.05, 4.69) is 10.3 Å². The second-order valence-electron chi connectivity index (χ2n) is 9.10.